The summed E-state index contributed by atoms with van der Waals surface area (Å²) in [6.45, 7) is 0. The quantitative estimate of drug-likeness (QED) is 0.493. The largest absolute Gasteiger partial charge is 0.249 e. The van der Waals surface area contributed by atoms with Gasteiger partial charge in [-0.3, -0.25) is 0 Å². The van der Waals surface area contributed by atoms with E-state index in [1.165, 1.54) is 0 Å². The molecule has 4 heteroatoms. The molecule has 0 saturated heterocycles. The molecule has 0 radical (unpaired) electrons. The molecule has 0 atom stereocenters. The Morgan fingerprint density at radius 1 is 1.45 bits per heavy atom. The van der Waals surface area contributed by atoms with Gasteiger partial charge in [-0.25, -0.2) is 4.99 Å². The molecule has 1 aliphatic rings. The highest BCUT2D eigenvalue weighted by atomic mass is 35.5. The van der Waals surface area contributed by atoms with Crippen molar-refractivity contribution in [2.45, 2.75) is 6.42 Å². The molecule has 0 bridgehead atoms. The summed E-state index contributed by atoms with van der Waals surface area (Å²) >= 11 is 17.1. The van der Waals surface area contributed by atoms with Gasteiger partial charge in [-0.15, -0.1) is 23.2 Å². The van der Waals surface area contributed by atoms with Crippen molar-refractivity contribution >= 4 is 41.0 Å². The molecule has 0 fully saturated rings. The maximum atomic E-state index is 5.74. The third kappa shape index (κ3) is 2.11. The molecule has 11 heavy (non-hydrogen) atoms. The summed E-state index contributed by atoms with van der Waals surface area (Å²) < 4.78 is 0. The van der Waals surface area contributed by atoms with Gasteiger partial charge in [0.1, 0.15) is 5.16 Å². The van der Waals surface area contributed by atoms with Crippen LogP contribution in [0.1, 0.15) is 6.42 Å². The van der Waals surface area contributed by atoms with Crippen molar-refractivity contribution in [3.63, 3.8) is 0 Å². The Kier molecular flexibility index (Phi) is 3.23. The molecule has 1 nitrogen and oxygen atoms in total. The first kappa shape index (κ1) is 9.37. The third-order valence-corrected chi connectivity index (χ3v) is 2.99. The van der Waals surface area contributed by atoms with E-state index in [9.17, 15) is 0 Å². The van der Waals surface area contributed by atoms with Gasteiger partial charge in [0.25, 0.3) is 0 Å². The molecule has 0 aliphatic carbocycles. The van der Waals surface area contributed by atoms with Crippen molar-refractivity contribution < 1.29 is 0 Å². The molecule has 1 aliphatic heterocycles. The van der Waals surface area contributed by atoms with Crippen LogP contribution < -0.4 is 0 Å². The van der Waals surface area contributed by atoms with Crippen molar-refractivity contribution in [1.82, 2.24) is 0 Å². The van der Waals surface area contributed by atoms with Crippen molar-refractivity contribution in [3.8, 4) is 0 Å². The molecule has 0 amide bonds. The van der Waals surface area contributed by atoms with Crippen LogP contribution in [0.5, 0.6) is 0 Å². The lowest BCUT2D eigenvalue weighted by Crippen LogP contribution is -2.27. The second-order valence-electron chi connectivity index (χ2n) is 2.62. The molecule has 0 N–H and O–H groups in total. The van der Waals surface area contributed by atoms with E-state index >= 15 is 0 Å². The minimum absolute atomic E-state index is 0.179. The zero-order valence-corrected chi connectivity index (χ0v) is 8.12. The fourth-order valence-corrected chi connectivity index (χ4v) is 1.57. The second-order valence-corrected chi connectivity index (χ2v) is 3.54. The summed E-state index contributed by atoms with van der Waals surface area (Å²) in [5.41, 5.74) is -0.179. The van der Waals surface area contributed by atoms with Crippen LogP contribution in [-0.4, -0.2) is 18.0 Å². The van der Waals surface area contributed by atoms with Crippen molar-refractivity contribution in [2.24, 2.45) is 10.4 Å². The summed E-state index contributed by atoms with van der Waals surface area (Å²) in [5, 5.41) is 0.524. The van der Waals surface area contributed by atoms with Gasteiger partial charge in [0.2, 0.25) is 0 Å². The molecule has 0 aromatic heterocycles. The van der Waals surface area contributed by atoms with Crippen LogP contribution in [-0.2, 0) is 0 Å². The first-order valence-electron chi connectivity index (χ1n) is 3.25. The van der Waals surface area contributed by atoms with Crippen LogP contribution in [0.4, 0.5) is 0 Å². The number of rotatable bonds is 2. The number of nitrogens with zero attached hydrogens (tertiary/aromatic N) is 1. The lowest BCUT2D eigenvalue weighted by atomic mass is 9.89. The fraction of sp³-hybridized carbons (Fsp3) is 0.571. The van der Waals surface area contributed by atoms with E-state index in [2.05, 4.69) is 4.99 Å². The van der Waals surface area contributed by atoms with Crippen molar-refractivity contribution in [1.29, 1.82) is 0 Å². The van der Waals surface area contributed by atoms with Crippen LogP contribution in [0.25, 0.3) is 0 Å². The summed E-state index contributed by atoms with van der Waals surface area (Å²) in [5.74, 6) is 0.974. The molecular weight excluding hydrogens is 204 g/mol. The average molecular weight is 213 g/mol. The first-order valence-corrected chi connectivity index (χ1v) is 4.70. The Bertz CT molecular complexity index is 194. The van der Waals surface area contributed by atoms with Crippen molar-refractivity contribution in [2.75, 3.05) is 11.8 Å². The molecule has 1 rings (SSSR count). The van der Waals surface area contributed by atoms with Crippen LogP contribution in [0.2, 0.25) is 0 Å². The molecule has 62 valence electrons. The lowest BCUT2D eigenvalue weighted by Gasteiger charge is -2.25. The van der Waals surface area contributed by atoms with Gasteiger partial charge in [0.15, 0.2) is 0 Å². The van der Waals surface area contributed by atoms with Crippen LogP contribution in [0.3, 0.4) is 0 Å². The number of hydrogen-bond donors (Lipinski definition) is 0. The maximum absolute atomic E-state index is 5.74. The Labute approximate surface area is 81.0 Å². The molecule has 1 heterocycles. The molecule has 0 aromatic rings. The van der Waals surface area contributed by atoms with E-state index < -0.39 is 0 Å². The van der Waals surface area contributed by atoms with Gasteiger partial charge in [-0.2, -0.15) is 0 Å². The predicted molar refractivity (Wildman–Crippen MR) is 50.9 cm³/mol. The molecular formula is C7H8Cl3N. The van der Waals surface area contributed by atoms with Crippen LogP contribution in [0, 0.1) is 5.41 Å². The van der Waals surface area contributed by atoms with E-state index in [0.29, 0.717) is 16.9 Å². The Balaban J connectivity index is 2.71. The smallest absolute Gasteiger partial charge is 0.124 e. The minimum Gasteiger partial charge on any atom is -0.249 e. The standard InChI is InChI=1S/C7H8Cl3N/c8-3-7(4-9)2-1-6(10)11-5-7/h1,5H,2-4H2. The van der Waals surface area contributed by atoms with E-state index in [-0.39, 0.29) is 5.41 Å². The van der Waals surface area contributed by atoms with Gasteiger partial charge in [0.05, 0.1) is 0 Å². The SMILES string of the molecule is ClCC1(CCl)C=NC(Cl)=CC1. The molecule has 0 aromatic carbocycles. The van der Waals surface area contributed by atoms with Crippen molar-refractivity contribution in [3.05, 3.63) is 11.2 Å². The highest BCUT2D eigenvalue weighted by Gasteiger charge is 2.27. The molecule has 0 saturated carbocycles. The minimum atomic E-state index is -0.179. The Hall–Kier alpha value is 0.280. The van der Waals surface area contributed by atoms with E-state index in [0.717, 1.165) is 6.42 Å². The number of allylic oxidation sites excluding steroid dienone is 1. The molecule has 0 unspecified atom stereocenters. The van der Waals surface area contributed by atoms with E-state index in [1.54, 1.807) is 6.21 Å². The first-order chi connectivity index (χ1) is 5.22. The Morgan fingerprint density at radius 2 is 2.09 bits per heavy atom. The Morgan fingerprint density at radius 3 is 2.45 bits per heavy atom. The predicted octanol–water partition coefficient (Wildman–Crippen LogP) is 3.01. The van der Waals surface area contributed by atoms with Gasteiger partial charge < -0.3 is 0 Å². The zero-order valence-electron chi connectivity index (χ0n) is 5.86. The maximum Gasteiger partial charge on any atom is 0.124 e. The normalized spacial score (nSPS) is 21.5. The van der Waals surface area contributed by atoms with Gasteiger partial charge in [-0.1, -0.05) is 11.6 Å². The summed E-state index contributed by atoms with van der Waals surface area (Å²) in [6.07, 6.45) is 4.37. The van der Waals surface area contributed by atoms with Gasteiger partial charge >= 0.3 is 0 Å². The second kappa shape index (κ2) is 3.79. The summed E-state index contributed by atoms with van der Waals surface area (Å²) in [7, 11) is 0. The van der Waals surface area contributed by atoms with Crippen LogP contribution in [0.15, 0.2) is 16.2 Å². The zero-order chi connectivity index (χ0) is 8.32. The van der Waals surface area contributed by atoms with Gasteiger partial charge in [0, 0.05) is 23.4 Å². The summed E-state index contributed by atoms with van der Waals surface area (Å²) in [4.78, 5) is 3.96. The number of aliphatic imine (C=N–C) groups is 1. The topological polar surface area (TPSA) is 12.4 Å². The highest BCUT2D eigenvalue weighted by molar-refractivity contribution is 6.30. The fourth-order valence-electron chi connectivity index (χ4n) is 0.805. The average Bonchev–Trinajstić information content (AvgIpc) is 2.07. The lowest BCUT2D eigenvalue weighted by molar-refractivity contribution is 0.553. The number of hydrogen-bond acceptors (Lipinski definition) is 1. The third-order valence-electron chi connectivity index (χ3n) is 1.67. The van der Waals surface area contributed by atoms with E-state index in [4.69, 9.17) is 34.8 Å². The molecule has 0 spiro atoms. The highest BCUT2D eigenvalue weighted by Crippen LogP contribution is 2.29. The van der Waals surface area contributed by atoms with Crippen LogP contribution >= 0.6 is 34.8 Å². The number of alkyl halides is 2. The summed E-state index contributed by atoms with van der Waals surface area (Å²) in [6, 6.07) is 0. The number of halogens is 3. The van der Waals surface area contributed by atoms with E-state index in [1.807, 2.05) is 6.08 Å². The monoisotopic (exact) mass is 211 g/mol. The van der Waals surface area contributed by atoms with Gasteiger partial charge in [-0.05, 0) is 12.5 Å².